The molecule has 0 aliphatic heterocycles. The van der Waals surface area contributed by atoms with Gasteiger partial charge in [0.05, 0.1) is 13.2 Å². The van der Waals surface area contributed by atoms with Crippen LogP contribution >= 0.6 is 0 Å². The minimum atomic E-state index is -0.506. The van der Waals surface area contributed by atoms with Crippen molar-refractivity contribution in [1.82, 2.24) is 0 Å². The molecule has 30 heavy (non-hydrogen) atoms. The standard InChI is InChI=1S/C26H46O4/c1-3-5-7-9-10-11-12-13-14-15-16-17-18-20-24-30-26(28)22-21-25(27)29-23-19-8-6-4-2/h6,8,21-22H,3-5,7,9-20,23-24H2,1-2H3/b8-6-,22-21+. The molecule has 0 bridgehead atoms. The minimum absolute atomic E-state index is 0.327. The lowest BCUT2D eigenvalue weighted by Crippen LogP contribution is -2.06. The number of rotatable bonds is 21. The van der Waals surface area contributed by atoms with Gasteiger partial charge >= 0.3 is 11.9 Å². The maximum atomic E-state index is 11.6. The van der Waals surface area contributed by atoms with E-state index in [0.717, 1.165) is 31.4 Å². The predicted molar refractivity (Wildman–Crippen MR) is 125 cm³/mol. The van der Waals surface area contributed by atoms with Gasteiger partial charge in [0.2, 0.25) is 0 Å². The highest BCUT2D eigenvalue weighted by molar-refractivity contribution is 5.91. The lowest BCUT2D eigenvalue weighted by molar-refractivity contribution is -0.140. The molecule has 0 saturated heterocycles. The molecule has 4 heteroatoms. The zero-order chi connectivity index (χ0) is 22.1. The van der Waals surface area contributed by atoms with Crippen molar-refractivity contribution < 1.29 is 19.1 Å². The Morgan fingerprint density at radius 1 is 0.567 bits per heavy atom. The topological polar surface area (TPSA) is 52.6 Å². The van der Waals surface area contributed by atoms with Crippen LogP contribution in [-0.4, -0.2) is 25.2 Å². The Hall–Kier alpha value is -1.58. The van der Waals surface area contributed by atoms with E-state index in [1.165, 1.54) is 77.0 Å². The molecule has 0 aromatic heterocycles. The molecule has 0 radical (unpaired) electrons. The van der Waals surface area contributed by atoms with Crippen molar-refractivity contribution in [2.75, 3.05) is 13.2 Å². The van der Waals surface area contributed by atoms with E-state index in [9.17, 15) is 9.59 Å². The van der Waals surface area contributed by atoms with Crippen molar-refractivity contribution in [1.29, 1.82) is 0 Å². The highest BCUT2D eigenvalue weighted by Gasteiger charge is 2.01. The number of carbonyl (C=O) groups is 2. The SMILES string of the molecule is CC/C=C\CCOC(=O)/C=C/C(=O)OCCCCCCCCCCCCCCCC. The Morgan fingerprint density at radius 2 is 1.00 bits per heavy atom. The Morgan fingerprint density at radius 3 is 1.47 bits per heavy atom. The molecular weight excluding hydrogens is 376 g/mol. The van der Waals surface area contributed by atoms with Crippen molar-refractivity contribution in [3.05, 3.63) is 24.3 Å². The van der Waals surface area contributed by atoms with Crippen LogP contribution in [0.5, 0.6) is 0 Å². The summed E-state index contributed by atoms with van der Waals surface area (Å²) in [5.74, 6) is -0.985. The molecule has 0 aliphatic carbocycles. The lowest BCUT2D eigenvalue weighted by Gasteiger charge is -2.04. The highest BCUT2D eigenvalue weighted by atomic mass is 16.5. The largest absolute Gasteiger partial charge is 0.463 e. The summed E-state index contributed by atoms with van der Waals surface area (Å²) in [4.78, 5) is 23.0. The number of hydrogen-bond acceptors (Lipinski definition) is 4. The fraction of sp³-hybridized carbons (Fsp3) is 0.769. The van der Waals surface area contributed by atoms with Crippen molar-refractivity contribution in [2.45, 2.75) is 117 Å². The number of unbranched alkanes of at least 4 members (excludes halogenated alkanes) is 13. The van der Waals surface area contributed by atoms with Crippen LogP contribution in [-0.2, 0) is 19.1 Å². The number of carbonyl (C=O) groups excluding carboxylic acids is 2. The van der Waals surface area contributed by atoms with Gasteiger partial charge < -0.3 is 9.47 Å². The van der Waals surface area contributed by atoms with E-state index in [1.54, 1.807) is 0 Å². The zero-order valence-electron chi connectivity index (χ0n) is 19.7. The molecule has 174 valence electrons. The first kappa shape index (κ1) is 28.4. The van der Waals surface area contributed by atoms with Gasteiger partial charge in [-0.2, -0.15) is 0 Å². The van der Waals surface area contributed by atoms with Gasteiger partial charge in [0, 0.05) is 12.2 Å². The number of esters is 2. The maximum Gasteiger partial charge on any atom is 0.331 e. The van der Waals surface area contributed by atoms with E-state index in [2.05, 4.69) is 13.8 Å². The number of ether oxygens (including phenoxy) is 2. The molecule has 0 spiro atoms. The predicted octanol–water partition coefficient (Wildman–Crippen LogP) is 7.47. The summed E-state index contributed by atoms with van der Waals surface area (Å²) >= 11 is 0. The van der Waals surface area contributed by atoms with Crippen LogP contribution in [0, 0.1) is 0 Å². The van der Waals surface area contributed by atoms with Crippen LogP contribution in [0.1, 0.15) is 117 Å². The molecule has 0 aromatic carbocycles. The van der Waals surface area contributed by atoms with E-state index in [0.29, 0.717) is 19.6 Å². The molecule has 0 fully saturated rings. The monoisotopic (exact) mass is 422 g/mol. The van der Waals surface area contributed by atoms with Crippen LogP contribution in [0.15, 0.2) is 24.3 Å². The first-order valence-corrected chi connectivity index (χ1v) is 12.4. The van der Waals surface area contributed by atoms with Gasteiger partial charge in [-0.3, -0.25) is 0 Å². The Balaban J connectivity index is 3.36. The molecule has 0 N–H and O–H groups in total. The molecule has 0 heterocycles. The highest BCUT2D eigenvalue weighted by Crippen LogP contribution is 2.12. The number of allylic oxidation sites excluding steroid dienone is 1. The van der Waals surface area contributed by atoms with E-state index in [-0.39, 0.29) is 0 Å². The minimum Gasteiger partial charge on any atom is -0.463 e. The first-order chi connectivity index (χ1) is 14.7. The second-order valence-corrected chi connectivity index (χ2v) is 7.93. The fourth-order valence-corrected chi connectivity index (χ4v) is 3.21. The van der Waals surface area contributed by atoms with Crippen molar-refractivity contribution in [3.63, 3.8) is 0 Å². The Kier molecular flexibility index (Phi) is 22.4. The Labute approximate surface area is 185 Å². The van der Waals surface area contributed by atoms with Crippen LogP contribution in [0.4, 0.5) is 0 Å². The van der Waals surface area contributed by atoms with Crippen molar-refractivity contribution in [2.24, 2.45) is 0 Å². The lowest BCUT2D eigenvalue weighted by atomic mass is 10.0. The molecule has 0 rings (SSSR count). The smallest absolute Gasteiger partial charge is 0.331 e. The second-order valence-electron chi connectivity index (χ2n) is 7.93. The van der Waals surface area contributed by atoms with Crippen LogP contribution in [0.2, 0.25) is 0 Å². The van der Waals surface area contributed by atoms with E-state index in [1.807, 2.05) is 12.2 Å². The average Bonchev–Trinajstić information content (AvgIpc) is 2.74. The molecule has 0 aliphatic rings. The van der Waals surface area contributed by atoms with Crippen LogP contribution < -0.4 is 0 Å². The number of hydrogen-bond donors (Lipinski definition) is 0. The molecule has 4 nitrogen and oxygen atoms in total. The van der Waals surface area contributed by atoms with Crippen LogP contribution in [0.25, 0.3) is 0 Å². The van der Waals surface area contributed by atoms with Gasteiger partial charge in [-0.1, -0.05) is 109 Å². The zero-order valence-corrected chi connectivity index (χ0v) is 19.7. The van der Waals surface area contributed by atoms with Gasteiger partial charge in [0.1, 0.15) is 0 Å². The average molecular weight is 423 g/mol. The molecule has 0 atom stereocenters. The summed E-state index contributed by atoms with van der Waals surface area (Å²) in [6.45, 7) is 5.06. The quantitative estimate of drug-likeness (QED) is 0.0833. The van der Waals surface area contributed by atoms with Gasteiger partial charge in [0.25, 0.3) is 0 Å². The summed E-state index contributed by atoms with van der Waals surface area (Å²) < 4.78 is 10.1. The van der Waals surface area contributed by atoms with E-state index in [4.69, 9.17) is 9.47 Å². The summed E-state index contributed by atoms with van der Waals surface area (Å²) in [5, 5.41) is 0. The van der Waals surface area contributed by atoms with Gasteiger partial charge in [0.15, 0.2) is 0 Å². The summed E-state index contributed by atoms with van der Waals surface area (Å²) in [6.07, 6.45) is 26.1. The molecular formula is C26H46O4. The molecule has 0 aromatic rings. The Bertz CT molecular complexity index is 454. The first-order valence-electron chi connectivity index (χ1n) is 12.4. The van der Waals surface area contributed by atoms with Gasteiger partial charge in [-0.25, -0.2) is 9.59 Å². The molecule has 0 unspecified atom stereocenters. The van der Waals surface area contributed by atoms with Gasteiger partial charge in [-0.05, 0) is 19.3 Å². The van der Waals surface area contributed by atoms with E-state index >= 15 is 0 Å². The second kappa shape index (κ2) is 23.7. The maximum absolute atomic E-state index is 11.6. The summed E-state index contributed by atoms with van der Waals surface area (Å²) in [6, 6.07) is 0. The van der Waals surface area contributed by atoms with Crippen LogP contribution in [0.3, 0.4) is 0 Å². The third-order valence-corrected chi connectivity index (χ3v) is 5.03. The third kappa shape index (κ3) is 22.7. The molecule has 0 saturated carbocycles. The normalized spacial score (nSPS) is 11.4. The van der Waals surface area contributed by atoms with Crippen molar-refractivity contribution in [3.8, 4) is 0 Å². The summed E-state index contributed by atoms with van der Waals surface area (Å²) in [5.41, 5.74) is 0. The van der Waals surface area contributed by atoms with Crippen molar-refractivity contribution >= 4 is 11.9 Å². The van der Waals surface area contributed by atoms with E-state index < -0.39 is 11.9 Å². The van der Waals surface area contributed by atoms with Gasteiger partial charge in [-0.15, -0.1) is 0 Å². The third-order valence-electron chi connectivity index (χ3n) is 5.03. The molecule has 0 amide bonds. The fourth-order valence-electron chi connectivity index (χ4n) is 3.21. The summed E-state index contributed by atoms with van der Waals surface area (Å²) in [7, 11) is 0.